The molecule has 130 valence electrons. The van der Waals surface area contributed by atoms with E-state index in [1.54, 1.807) is 42.5 Å². The normalized spacial score (nSPS) is 10.1. The molecule has 0 bridgehead atoms. The third-order valence-corrected chi connectivity index (χ3v) is 3.49. The average Bonchev–Trinajstić information content (AvgIpc) is 2.57. The maximum atomic E-state index is 12.3. The van der Waals surface area contributed by atoms with E-state index in [0.717, 1.165) is 6.42 Å². The number of carbonyl (C=O) groups is 2. The third-order valence-electron chi connectivity index (χ3n) is 3.49. The van der Waals surface area contributed by atoms with Gasteiger partial charge in [0.25, 0.3) is 5.69 Å². The molecule has 0 heterocycles. The molecule has 0 saturated carbocycles. The molecule has 2 amide bonds. The highest BCUT2D eigenvalue weighted by Crippen LogP contribution is 2.23. The minimum Gasteiger partial charge on any atom is -0.324 e. The Morgan fingerprint density at radius 2 is 1.52 bits per heavy atom. The van der Waals surface area contributed by atoms with Crippen LogP contribution in [0.2, 0.25) is 0 Å². The lowest BCUT2D eigenvalue weighted by molar-refractivity contribution is -0.385. The Hall–Kier alpha value is -3.22. The highest BCUT2D eigenvalue weighted by atomic mass is 16.6. The molecule has 2 N–H and O–H groups in total. The number of carbonyl (C=O) groups excluding carboxylic acids is 2. The summed E-state index contributed by atoms with van der Waals surface area (Å²) in [5.74, 6) is -0.533. The van der Waals surface area contributed by atoms with Gasteiger partial charge in [0.2, 0.25) is 11.8 Å². The fourth-order valence-electron chi connectivity index (χ4n) is 2.35. The number of nitro groups is 1. The summed E-state index contributed by atoms with van der Waals surface area (Å²) in [6.07, 6.45) is 0.977. The number of benzene rings is 2. The quantitative estimate of drug-likeness (QED) is 0.594. The molecule has 0 aliphatic carbocycles. The Morgan fingerprint density at radius 1 is 0.960 bits per heavy atom. The van der Waals surface area contributed by atoms with Gasteiger partial charge in [0.05, 0.1) is 22.7 Å². The predicted octanol–water partition coefficient (Wildman–Crippen LogP) is 3.51. The second kappa shape index (κ2) is 8.58. The van der Waals surface area contributed by atoms with Gasteiger partial charge in [-0.2, -0.15) is 0 Å². The van der Waals surface area contributed by atoms with Crippen molar-refractivity contribution >= 4 is 28.9 Å². The lowest BCUT2D eigenvalue weighted by Crippen LogP contribution is -2.18. The van der Waals surface area contributed by atoms with Gasteiger partial charge >= 0.3 is 0 Å². The van der Waals surface area contributed by atoms with Crippen LogP contribution < -0.4 is 10.6 Å². The Balaban J connectivity index is 2.11. The number of hydrogen-bond acceptors (Lipinski definition) is 4. The standard InChI is InChI=1S/C18H19N3O4/c1-2-7-17(22)19-14-9-4-5-10-15(14)20-18(23)12-13-8-3-6-11-16(13)21(24)25/h3-6,8-11H,2,7,12H2,1H3,(H,19,22)(H,20,23). The van der Waals surface area contributed by atoms with Crippen LogP contribution in [0.4, 0.5) is 17.1 Å². The van der Waals surface area contributed by atoms with E-state index in [4.69, 9.17) is 0 Å². The van der Waals surface area contributed by atoms with Gasteiger partial charge in [-0.1, -0.05) is 37.3 Å². The first kappa shape index (κ1) is 18.1. The van der Waals surface area contributed by atoms with Crippen molar-refractivity contribution in [1.82, 2.24) is 0 Å². The molecule has 0 fully saturated rings. The monoisotopic (exact) mass is 341 g/mol. The lowest BCUT2D eigenvalue weighted by Gasteiger charge is -2.12. The molecule has 7 nitrogen and oxygen atoms in total. The van der Waals surface area contributed by atoms with Crippen molar-refractivity contribution < 1.29 is 14.5 Å². The molecular weight excluding hydrogens is 322 g/mol. The predicted molar refractivity (Wildman–Crippen MR) is 95.4 cm³/mol. The Bertz CT molecular complexity index is 789. The lowest BCUT2D eigenvalue weighted by atomic mass is 10.1. The number of hydrogen-bond donors (Lipinski definition) is 2. The zero-order valence-electron chi connectivity index (χ0n) is 13.8. The van der Waals surface area contributed by atoms with E-state index >= 15 is 0 Å². The zero-order valence-corrected chi connectivity index (χ0v) is 13.8. The van der Waals surface area contributed by atoms with Crippen LogP contribution in [0.15, 0.2) is 48.5 Å². The summed E-state index contributed by atoms with van der Waals surface area (Å²) in [6, 6.07) is 12.9. The number of nitrogens with zero attached hydrogens (tertiary/aromatic N) is 1. The van der Waals surface area contributed by atoms with Crippen molar-refractivity contribution in [1.29, 1.82) is 0 Å². The summed E-state index contributed by atoms with van der Waals surface area (Å²) < 4.78 is 0. The summed E-state index contributed by atoms with van der Waals surface area (Å²) in [6.45, 7) is 1.90. The Kier molecular flexibility index (Phi) is 6.22. The van der Waals surface area contributed by atoms with Crippen molar-refractivity contribution in [2.75, 3.05) is 10.6 Å². The van der Waals surface area contributed by atoms with Gasteiger partial charge in [-0.15, -0.1) is 0 Å². The fourth-order valence-corrected chi connectivity index (χ4v) is 2.35. The van der Waals surface area contributed by atoms with Crippen LogP contribution in [0.1, 0.15) is 25.3 Å². The van der Waals surface area contributed by atoms with Gasteiger partial charge in [-0.3, -0.25) is 19.7 Å². The number of amides is 2. The van der Waals surface area contributed by atoms with Gasteiger partial charge in [-0.25, -0.2) is 0 Å². The molecule has 0 saturated heterocycles. The summed E-state index contributed by atoms with van der Waals surface area (Å²) in [4.78, 5) is 34.5. The Morgan fingerprint density at radius 3 is 2.12 bits per heavy atom. The van der Waals surface area contributed by atoms with Crippen molar-refractivity contribution in [2.45, 2.75) is 26.2 Å². The van der Waals surface area contributed by atoms with Gasteiger partial charge in [0.15, 0.2) is 0 Å². The molecule has 0 aliphatic rings. The van der Waals surface area contributed by atoms with Gasteiger partial charge < -0.3 is 10.6 Å². The van der Waals surface area contributed by atoms with E-state index in [1.807, 2.05) is 6.92 Å². The molecule has 0 atom stereocenters. The maximum Gasteiger partial charge on any atom is 0.273 e. The van der Waals surface area contributed by atoms with E-state index in [9.17, 15) is 19.7 Å². The van der Waals surface area contributed by atoms with Crippen molar-refractivity contribution in [3.8, 4) is 0 Å². The molecule has 2 aromatic carbocycles. The summed E-state index contributed by atoms with van der Waals surface area (Å²) in [5, 5.41) is 16.5. The first-order valence-corrected chi connectivity index (χ1v) is 7.92. The fraction of sp³-hybridized carbons (Fsp3) is 0.222. The number of anilines is 2. The van der Waals surface area contributed by atoms with Crippen molar-refractivity contribution in [3.05, 3.63) is 64.2 Å². The van der Waals surface area contributed by atoms with E-state index in [2.05, 4.69) is 10.6 Å². The summed E-state index contributed by atoms with van der Waals surface area (Å²) in [5.41, 5.74) is 1.19. The molecule has 0 spiro atoms. The average molecular weight is 341 g/mol. The van der Waals surface area contributed by atoms with Crippen LogP contribution in [0.25, 0.3) is 0 Å². The molecule has 0 unspecified atom stereocenters. The van der Waals surface area contributed by atoms with Crippen LogP contribution in [0.5, 0.6) is 0 Å². The van der Waals surface area contributed by atoms with Crippen molar-refractivity contribution in [2.24, 2.45) is 0 Å². The van der Waals surface area contributed by atoms with E-state index in [-0.39, 0.29) is 18.0 Å². The summed E-state index contributed by atoms with van der Waals surface area (Å²) >= 11 is 0. The molecule has 7 heteroatoms. The van der Waals surface area contributed by atoms with Gasteiger partial charge in [0, 0.05) is 18.1 Å². The molecule has 0 aromatic heterocycles. The summed E-state index contributed by atoms with van der Waals surface area (Å²) in [7, 11) is 0. The highest BCUT2D eigenvalue weighted by molar-refractivity contribution is 6.00. The van der Waals surface area contributed by atoms with Crippen LogP contribution in [-0.2, 0) is 16.0 Å². The first-order chi connectivity index (χ1) is 12.0. The molecular formula is C18H19N3O4. The van der Waals surface area contributed by atoms with Gasteiger partial charge in [-0.05, 0) is 18.6 Å². The molecule has 25 heavy (non-hydrogen) atoms. The van der Waals surface area contributed by atoms with E-state index in [1.165, 1.54) is 6.07 Å². The zero-order chi connectivity index (χ0) is 18.2. The largest absolute Gasteiger partial charge is 0.324 e. The molecule has 0 radical (unpaired) electrons. The minimum atomic E-state index is -0.512. The SMILES string of the molecule is CCCC(=O)Nc1ccccc1NC(=O)Cc1ccccc1[N+](=O)[O-]. The molecule has 2 aromatic rings. The second-order valence-electron chi connectivity index (χ2n) is 5.45. The van der Waals surface area contributed by atoms with E-state index in [0.29, 0.717) is 23.4 Å². The van der Waals surface area contributed by atoms with Crippen LogP contribution in [-0.4, -0.2) is 16.7 Å². The second-order valence-corrected chi connectivity index (χ2v) is 5.45. The number of nitrogens with one attached hydrogen (secondary N) is 2. The number of rotatable bonds is 7. The highest BCUT2D eigenvalue weighted by Gasteiger charge is 2.16. The van der Waals surface area contributed by atoms with Crippen LogP contribution >= 0.6 is 0 Å². The number of nitro benzene ring substituents is 1. The topological polar surface area (TPSA) is 101 Å². The maximum absolute atomic E-state index is 12.3. The Labute approximate surface area is 145 Å². The van der Waals surface area contributed by atoms with Gasteiger partial charge in [0.1, 0.15) is 0 Å². The number of para-hydroxylation sites is 3. The van der Waals surface area contributed by atoms with Crippen molar-refractivity contribution in [3.63, 3.8) is 0 Å². The minimum absolute atomic E-state index is 0.0952. The van der Waals surface area contributed by atoms with E-state index < -0.39 is 10.8 Å². The third kappa shape index (κ3) is 5.13. The molecule has 2 rings (SSSR count). The van der Waals surface area contributed by atoms with Crippen LogP contribution in [0, 0.1) is 10.1 Å². The smallest absolute Gasteiger partial charge is 0.273 e. The first-order valence-electron chi connectivity index (χ1n) is 7.92. The van der Waals surface area contributed by atoms with Crippen LogP contribution in [0.3, 0.4) is 0 Å². The molecule has 0 aliphatic heterocycles.